The van der Waals surface area contributed by atoms with Gasteiger partial charge in [-0.2, -0.15) is 0 Å². The van der Waals surface area contributed by atoms with Gasteiger partial charge in [0.2, 0.25) is 0 Å². The van der Waals surface area contributed by atoms with E-state index in [9.17, 15) is 52.0 Å². The topological polar surface area (TPSA) is 86.7 Å². The fourth-order valence-electron chi connectivity index (χ4n) is 2.15. The van der Waals surface area contributed by atoms with Crippen LogP contribution in [0.3, 0.4) is 0 Å². The molecule has 1 aromatic heterocycles. The third kappa shape index (κ3) is 7.29. The fraction of sp³-hybridized carbons (Fsp3) is 0.111. The van der Waals surface area contributed by atoms with Crippen LogP contribution in [0.1, 0.15) is 0 Å². The molecule has 0 spiro atoms. The van der Waals surface area contributed by atoms with Gasteiger partial charge in [-0.15, -0.1) is 0 Å². The zero-order valence-corrected chi connectivity index (χ0v) is 24.0. The van der Waals surface area contributed by atoms with E-state index in [-0.39, 0.29) is 12.9 Å². The molecule has 19 heteroatoms. The molecule has 0 aliphatic rings. The zero-order valence-electron chi connectivity index (χ0n) is 17.2. The van der Waals surface area contributed by atoms with Crippen LogP contribution in [-0.4, -0.2) is 27.9 Å². The van der Waals surface area contributed by atoms with Crippen LogP contribution in [0.5, 0.6) is 0 Å². The first-order valence-corrected chi connectivity index (χ1v) is 18.7. The van der Waals surface area contributed by atoms with Crippen LogP contribution < -0.4 is 0 Å². The first kappa shape index (κ1) is 30.4. The van der Waals surface area contributed by atoms with Crippen LogP contribution in [0, 0.1) is 24.5 Å². The maximum atomic E-state index is 13.4. The molecule has 2 aromatic carbocycles. The van der Waals surface area contributed by atoms with Crippen molar-refractivity contribution < 1.29 is 57.0 Å². The van der Waals surface area contributed by atoms with Crippen LogP contribution >= 0.6 is 51.8 Å². The summed E-state index contributed by atoms with van der Waals surface area (Å²) in [7, 11) is -12.3. The second kappa shape index (κ2) is 11.2. The summed E-state index contributed by atoms with van der Waals surface area (Å²) < 4.78 is 160. The van der Waals surface area contributed by atoms with Gasteiger partial charge in [0, 0.05) is 0 Å². The van der Waals surface area contributed by atoms with Crippen molar-refractivity contribution in [3.63, 3.8) is 0 Å². The van der Waals surface area contributed by atoms with Gasteiger partial charge in [0.1, 0.15) is 0 Å². The Hall–Kier alpha value is -1.14. The van der Waals surface area contributed by atoms with Gasteiger partial charge >= 0.3 is 225 Å². The Morgan fingerprint density at radius 3 is 1.14 bits per heavy atom. The SMILES string of the molecule is O=S(=O)(OI(c1ccc(F)cc1)c1ccc(I(OS(=O)(=O)C(F)(F)F)c2ccc(F)cc2)s1)C(F)(F)F. The molecule has 6 nitrogen and oxygen atoms in total. The standard InChI is InChI=1S/C18H10F8I2O6S3/c19-11-1-5-13(6-2-11)27(33-36(29,30)17(21,22)23)15-9-10-16(35-15)28(14-7-3-12(20)4-8-14)34-37(31,32)18(24,25)26/h1-10H. The van der Waals surface area contributed by atoms with Crippen LogP contribution in [0.15, 0.2) is 60.7 Å². The Labute approximate surface area is 223 Å². The van der Waals surface area contributed by atoms with E-state index in [4.69, 9.17) is 0 Å². The van der Waals surface area contributed by atoms with Gasteiger partial charge in [0.15, 0.2) is 0 Å². The Bertz CT molecular complexity index is 1340. The van der Waals surface area contributed by atoms with Crippen molar-refractivity contribution in [2.75, 3.05) is 0 Å². The zero-order chi connectivity index (χ0) is 27.8. The molecular weight excluding hydrogens is 814 g/mol. The van der Waals surface area contributed by atoms with Crippen LogP contribution in [0.25, 0.3) is 0 Å². The molecule has 0 amide bonds. The van der Waals surface area contributed by atoms with Gasteiger partial charge in [-0.1, -0.05) is 0 Å². The second-order valence-corrected chi connectivity index (χ2v) is 21.7. The van der Waals surface area contributed by atoms with Crippen molar-refractivity contribution >= 4 is 72.0 Å². The third-order valence-corrected chi connectivity index (χ3v) is 20.7. The second-order valence-electron chi connectivity index (χ2n) is 6.34. The molecule has 37 heavy (non-hydrogen) atoms. The molecule has 0 aliphatic carbocycles. The molecule has 206 valence electrons. The predicted molar refractivity (Wildman–Crippen MR) is 132 cm³/mol. The molecule has 0 radical (unpaired) electrons. The number of rotatable bonds is 8. The van der Waals surface area contributed by atoms with E-state index < -0.39 is 83.4 Å². The molecule has 0 aliphatic heterocycles. The Morgan fingerprint density at radius 1 is 0.568 bits per heavy atom. The van der Waals surface area contributed by atoms with Crippen molar-refractivity contribution in [2.24, 2.45) is 0 Å². The Kier molecular flexibility index (Phi) is 9.16. The van der Waals surface area contributed by atoms with E-state index in [1.54, 1.807) is 0 Å². The Balaban J connectivity index is 2.11. The number of halogens is 10. The fourth-order valence-corrected chi connectivity index (χ4v) is 20.3. The van der Waals surface area contributed by atoms with E-state index in [1.807, 2.05) is 0 Å². The summed E-state index contributed by atoms with van der Waals surface area (Å²) in [5, 5.41) is 0. The van der Waals surface area contributed by atoms with Crippen molar-refractivity contribution in [3.05, 3.63) is 85.2 Å². The number of benzene rings is 2. The number of hydrogen-bond acceptors (Lipinski definition) is 7. The summed E-state index contributed by atoms with van der Waals surface area (Å²) >= 11 is -7.62. The first-order chi connectivity index (χ1) is 16.9. The van der Waals surface area contributed by atoms with E-state index >= 15 is 0 Å². The molecule has 3 aromatic rings. The summed E-state index contributed by atoms with van der Waals surface area (Å²) in [5.41, 5.74) is -11.6. The third-order valence-electron chi connectivity index (χ3n) is 3.74. The average Bonchev–Trinajstić information content (AvgIpc) is 3.25. The molecule has 0 bridgehead atoms. The van der Waals surface area contributed by atoms with Gasteiger partial charge < -0.3 is 0 Å². The van der Waals surface area contributed by atoms with E-state index in [0.717, 1.165) is 60.7 Å². The van der Waals surface area contributed by atoms with E-state index in [2.05, 4.69) is 5.03 Å². The molecule has 1 heterocycles. The number of thiophene rings is 1. The molecule has 0 N–H and O–H groups in total. The van der Waals surface area contributed by atoms with Crippen molar-refractivity contribution in [1.82, 2.24) is 0 Å². The molecule has 0 unspecified atom stereocenters. The molecule has 0 saturated carbocycles. The summed E-state index contributed by atoms with van der Waals surface area (Å²) in [5.74, 6) is -1.58. The van der Waals surface area contributed by atoms with Gasteiger partial charge in [-0.3, -0.25) is 0 Å². The summed E-state index contributed by atoms with van der Waals surface area (Å²) in [6.07, 6.45) is 0. The van der Waals surface area contributed by atoms with Gasteiger partial charge in [0.25, 0.3) is 0 Å². The molecule has 3 rings (SSSR count). The number of alkyl halides is 6. The van der Waals surface area contributed by atoms with Gasteiger partial charge in [0.05, 0.1) is 0 Å². The minimum absolute atomic E-state index is 0.113. The molecule has 0 saturated heterocycles. The normalized spacial score (nSPS) is 13.9. The van der Waals surface area contributed by atoms with Gasteiger partial charge in [-0.25, -0.2) is 0 Å². The van der Waals surface area contributed by atoms with Crippen molar-refractivity contribution in [2.45, 2.75) is 11.0 Å². The first-order valence-electron chi connectivity index (χ1n) is 8.95. The van der Waals surface area contributed by atoms with E-state index in [1.165, 1.54) is 0 Å². The Morgan fingerprint density at radius 2 is 0.865 bits per heavy atom. The molecular formula is C18H10F8I2O6S3. The predicted octanol–water partition coefficient (Wildman–Crippen LogP) is 6.68. The minimum atomic E-state index is -6.14. The average molecular weight is 824 g/mol. The monoisotopic (exact) mass is 824 g/mol. The quantitative estimate of drug-likeness (QED) is 0.143. The summed E-state index contributed by atoms with van der Waals surface area (Å²) in [6.45, 7) is 0. The van der Waals surface area contributed by atoms with Crippen LogP contribution in [-0.2, 0) is 25.3 Å². The molecule has 0 fully saturated rings. The molecule has 0 atom stereocenters. The van der Waals surface area contributed by atoms with Crippen LogP contribution in [0.2, 0.25) is 0 Å². The van der Waals surface area contributed by atoms with Crippen LogP contribution in [0.4, 0.5) is 35.1 Å². The summed E-state index contributed by atoms with van der Waals surface area (Å²) in [4.78, 5) is 0. The summed E-state index contributed by atoms with van der Waals surface area (Å²) in [6, 6.07) is 9.47. The van der Waals surface area contributed by atoms with E-state index in [0.29, 0.717) is 11.3 Å². The van der Waals surface area contributed by atoms with Crippen molar-refractivity contribution in [3.8, 4) is 0 Å². The van der Waals surface area contributed by atoms with Gasteiger partial charge in [-0.05, 0) is 0 Å². The van der Waals surface area contributed by atoms with Crippen molar-refractivity contribution in [1.29, 1.82) is 0 Å². The number of hydrogen-bond donors (Lipinski definition) is 0. The maximum absolute atomic E-state index is 13.4.